The average Bonchev–Trinajstić information content (AvgIpc) is 2.16. The van der Waals surface area contributed by atoms with Gasteiger partial charge in [0.15, 0.2) is 0 Å². The van der Waals surface area contributed by atoms with Crippen molar-refractivity contribution in [3.63, 3.8) is 0 Å². The molecule has 0 aliphatic heterocycles. The molecule has 1 saturated carbocycles. The highest BCUT2D eigenvalue weighted by molar-refractivity contribution is 9.10. The van der Waals surface area contributed by atoms with Crippen LogP contribution in [0, 0.1) is 10.8 Å². The molecular formula is C14H22BrN3. The number of rotatable bonds is 2. The zero-order valence-corrected chi connectivity index (χ0v) is 13.2. The van der Waals surface area contributed by atoms with Crippen LogP contribution in [0.25, 0.3) is 0 Å². The molecule has 1 aliphatic rings. The fourth-order valence-corrected chi connectivity index (χ4v) is 3.72. The standard InChI is InChI=1S/C14H22BrN3/c1-13(2)5-11(6-14(3,4)9-13)18-12-16-7-10(15)8-17-12/h7-8,11H,5-6,9H2,1-4H3,(H,16,17,18). The molecule has 1 N–H and O–H groups in total. The van der Waals surface area contributed by atoms with Gasteiger partial charge in [-0.05, 0) is 46.0 Å². The number of hydrogen-bond donors (Lipinski definition) is 1. The molecule has 1 aliphatic carbocycles. The highest BCUT2D eigenvalue weighted by atomic mass is 79.9. The molecule has 1 fully saturated rings. The molecule has 0 amide bonds. The van der Waals surface area contributed by atoms with Gasteiger partial charge < -0.3 is 5.32 Å². The Balaban J connectivity index is 2.07. The van der Waals surface area contributed by atoms with Gasteiger partial charge in [-0.15, -0.1) is 0 Å². The first kappa shape index (κ1) is 13.8. The third kappa shape index (κ3) is 3.67. The lowest BCUT2D eigenvalue weighted by molar-refractivity contribution is 0.105. The van der Waals surface area contributed by atoms with E-state index in [9.17, 15) is 0 Å². The summed E-state index contributed by atoms with van der Waals surface area (Å²) >= 11 is 3.35. The first-order valence-corrected chi connectivity index (χ1v) is 7.29. The Morgan fingerprint density at radius 1 is 1.11 bits per heavy atom. The van der Waals surface area contributed by atoms with Crippen LogP contribution in [-0.2, 0) is 0 Å². The molecule has 3 nitrogen and oxygen atoms in total. The first-order valence-electron chi connectivity index (χ1n) is 6.50. The third-order valence-corrected chi connectivity index (χ3v) is 3.92. The van der Waals surface area contributed by atoms with Crippen LogP contribution in [0.1, 0.15) is 47.0 Å². The largest absolute Gasteiger partial charge is 0.351 e. The second-order valence-corrected chi connectivity index (χ2v) is 7.90. The molecule has 0 bridgehead atoms. The SMILES string of the molecule is CC1(C)CC(Nc2ncc(Br)cn2)CC(C)(C)C1. The van der Waals surface area contributed by atoms with Crippen LogP contribution in [0.15, 0.2) is 16.9 Å². The lowest BCUT2D eigenvalue weighted by atomic mass is 9.63. The molecule has 0 unspecified atom stereocenters. The maximum Gasteiger partial charge on any atom is 0.222 e. The molecule has 1 heterocycles. The summed E-state index contributed by atoms with van der Waals surface area (Å²) in [6.45, 7) is 9.41. The number of halogens is 1. The van der Waals surface area contributed by atoms with E-state index < -0.39 is 0 Å². The minimum Gasteiger partial charge on any atom is -0.351 e. The topological polar surface area (TPSA) is 37.8 Å². The van der Waals surface area contributed by atoms with Crippen molar-refractivity contribution in [3.8, 4) is 0 Å². The highest BCUT2D eigenvalue weighted by Crippen LogP contribution is 2.46. The van der Waals surface area contributed by atoms with E-state index in [1.54, 1.807) is 12.4 Å². The summed E-state index contributed by atoms with van der Waals surface area (Å²) in [4.78, 5) is 8.60. The summed E-state index contributed by atoms with van der Waals surface area (Å²) in [5.41, 5.74) is 0.767. The highest BCUT2D eigenvalue weighted by Gasteiger charge is 2.38. The lowest BCUT2D eigenvalue weighted by Gasteiger charge is -2.45. The zero-order chi connectivity index (χ0) is 13.4. The van der Waals surface area contributed by atoms with Gasteiger partial charge in [-0.25, -0.2) is 9.97 Å². The van der Waals surface area contributed by atoms with Crippen LogP contribution in [0.2, 0.25) is 0 Å². The molecule has 2 rings (SSSR count). The Kier molecular flexibility index (Phi) is 3.67. The normalized spacial score (nSPS) is 22.7. The maximum atomic E-state index is 4.30. The number of nitrogens with one attached hydrogen (secondary N) is 1. The van der Waals surface area contributed by atoms with Crippen LogP contribution in [0.3, 0.4) is 0 Å². The predicted molar refractivity (Wildman–Crippen MR) is 78.6 cm³/mol. The second kappa shape index (κ2) is 4.80. The summed E-state index contributed by atoms with van der Waals surface area (Å²) in [5, 5.41) is 3.48. The van der Waals surface area contributed by atoms with E-state index in [-0.39, 0.29) is 0 Å². The Bertz CT molecular complexity index is 396. The van der Waals surface area contributed by atoms with Crippen molar-refractivity contribution in [1.29, 1.82) is 0 Å². The summed E-state index contributed by atoms with van der Waals surface area (Å²) < 4.78 is 0.914. The van der Waals surface area contributed by atoms with E-state index in [1.165, 1.54) is 19.3 Å². The predicted octanol–water partition coefficient (Wildman–Crippen LogP) is 4.26. The van der Waals surface area contributed by atoms with Crippen molar-refractivity contribution in [2.75, 3.05) is 5.32 Å². The van der Waals surface area contributed by atoms with Crippen LogP contribution >= 0.6 is 15.9 Å². The van der Waals surface area contributed by atoms with Gasteiger partial charge in [0.2, 0.25) is 5.95 Å². The molecule has 0 spiro atoms. The van der Waals surface area contributed by atoms with Gasteiger partial charge in [-0.3, -0.25) is 0 Å². The van der Waals surface area contributed by atoms with Crippen molar-refractivity contribution in [2.24, 2.45) is 10.8 Å². The molecule has 18 heavy (non-hydrogen) atoms. The molecule has 0 saturated heterocycles. The Hall–Kier alpha value is -0.640. The minimum atomic E-state index is 0.384. The summed E-state index contributed by atoms with van der Waals surface area (Å²) in [5.74, 6) is 0.733. The molecule has 1 aromatic rings. The number of hydrogen-bond acceptors (Lipinski definition) is 3. The van der Waals surface area contributed by atoms with Gasteiger partial charge in [0.25, 0.3) is 0 Å². The van der Waals surface area contributed by atoms with Gasteiger partial charge in [0, 0.05) is 18.4 Å². The first-order chi connectivity index (χ1) is 8.26. The summed E-state index contributed by atoms with van der Waals surface area (Å²) in [6, 6.07) is 0.463. The van der Waals surface area contributed by atoms with E-state index in [2.05, 4.69) is 58.9 Å². The van der Waals surface area contributed by atoms with Gasteiger partial charge in [-0.2, -0.15) is 0 Å². The van der Waals surface area contributed by atoms with Crippen LogP contribution in [0.5, 0.6) is 0 Å². The Morgan fingerprint density at radius 2 is 1.61 bits per heavy atom. The molecular weight excluding hydrogens is 290 g/mol. The van der Waals surface area contributed by atoms with E-state index in [0.717, 1.165) is 10.4 Å². The zero-order valence-electron chi connectivity index (χ0n) is 11.6. The van der Waals surface area contributed by atoms with Crippen LogP contribution < -0.4 is 5.32 Å². The molecule has 0 aromatic carbocycles. The lowest BCUT2D eigenvalue weighted by Crippen LogP contribution is -2.40. The van der Waals surface area contributed by atoms with Crippen molar-refractivity contribution in [2.45, 2.75) is 53.0 Å². The van der Waals surface area contributed by atoms with Gasteiger partial charge >= 0.3 is 0 Å². The Morgan fingerprint density at radius 3 is 2.11 bits per heavy atom. The van der Waals surface area contributed by atoms with E-state index in [1.807, 2.05) is 0 Å². The van der Waals surface area contributed by atoms with Crippen LogP contribution in [-0.4, -0.2) is 16.0 Å². The number of anilines is 1. The van der Waals surface area contributed by atoms with Crippen molar-refractivity contribution < 1.29 is 0 Å². The minimum absolute atomic E-state index is 0.384. The van der Waals surface area contributed by atoms with Crippen molar-refractivity contribution in [1.82, 2.24) is 9.97 Å². The number of aromatic nitrogens is 2. The second-order valence-electron chi connectivity index (χ2n) is 6.98. The smallest absolute Gasteiger partial charge is 0.222 e. The fourth-order valence-electron chi connectivity index (χ4n) is 3.52. The van der Waals surface area contributed by atoms with E-state index >= 15 is 0 Å². The fraction of sp³-hybridized carbons (Fsp3) is 0.714. The summed E-state index contributed by atoms with van der Waals surface area (Å²) in [6.07, 6.45) is 7.20. The van der Waals surface area contributed by atoms with Gasteiger partial charge in [0.05, 0.1) is 4.47 Å². The average molecular weight is 312 g/mol. The van der Waals surface area contributed by atoms with Gasteiger partial charge in [0.1, 0.15) is 0 Å². The number of nitrogens with zero attached hydrogens (tertiary/aromatic N) is 2. The summed E-state index contributed by atoms with van der Waals surface area (Å²) in [7, 11) is 0. The molecule has 4 heteroatoms. The monoisotopic (exact) mass is 311 g/mol. The van der Waals surface area contributed by atoms with Crippen LogP contribution in [0.4, 0.5) is 5.95 Å². The van der Waals surface area contributed by atoms with E-state index in [0.29, 0.717) is 16.9 Å². The van der Waals surface area contributed by atoms with Crippen molar-refractivity contribution in [3.05, 3.63) is 16.9 Å². The van der Waals surface area contributed by atoms with E-state index in [4.69, 9.17) is 0 Å². The van der Waals surface area contributed by atoms with Gasteiger partial charge in [-0.1, -0.05) is 27.7 Å². The van der Waals surface area contributed by atoms with Crippen molar-refractivity contribution >= 4 is 21.9 Å². The molecule has 100 valence electrons. The quantitative estimate of drug-likeness (QED) is 0.887. The molecule has 0 radical (unpaired) electrons. The molecule has 1 aromatic heterocycles. The Labute approximate surface area is 118 Å². The molecule has 0 atom stereocenters. The maximum absolute atomic E-state index is 4.30. The third-order valence-electron chi connectivity index (χ3n) is 3.51.